The van der Waals surface area contributed by atoms with Gasteiger partial charge in [0.2, 0.25) is 0 Å². The lowest BCUT2D eigenvalue weighted by atomic mass is 10.0. The van der Waals surface area contributed by atoms with Crippen LogP contribution >= 0.6 is 11.6 Å². The van der Waals surface area contributed by atoms with Crippen molar-refractivity contribution in [2.75, 3.05) is 0 Å². The fourth-order valence-corrected chi connectivity index (χ4v) is 2.29. The zero-order chi connectivity index (χ0) is 14.7. The van der Waals surface area contributed by atoms with Crippen LogP contribution in [0.15, 0.2) is 42.5 Å². The number of rotatable bonds is 3. The van der Waals surface area contributed by atoms with E-state index in [9.17, 15) is 9.90 Å². The van der Waals surface area contributed by atoms with Crippen LogP contribution in [-0.4, -0.2) is 11.0 Å². The number of hydrogen-bond donors (Lipinski definition) is 2. The van der Waals surface area contributed by atoms with Gasteiger partial charge in [-0.05, 0) is 43.2 Å². The molecule has 0 radical (unpaired) electrons. The first kappa shape index (κ1) is 14.4. The van der Waals surface area contributed by atoms with E-state index in [1.807, 2.05) is 38.1 Å². The van der Waals surface area contributed by atoms with Crippen LogP contribution in [0, 0.1) is 6.92 Å². The predicted molar refractivity (Wildman–Crippen MR) is 80.2 cm³/mol. The van der Waals surface area contributed by atoms with Crippen molar-refractivity contribution < 1.29 is 9.90 Å². The summed E-state index contributed by atoms with van der Waals surface area (Å²) in [6.45, 7) is 3.90. The minimum Gasteiger partial charge on any atom is -0.507 e. The summed E-state index contributed by atoms with van der Waals surface area (Å²) >= 11 is 5.85. The molecule has 0 spiro atoms. The number of nitrogens with one attached hydrogen (secondary N) is 1. The molecule has 3 nitrogen and oxygen atoms in total. The first-order valence-electron chi connectivity index (χ1n) is 6.34. The van der Waals surface area contributed by atoms with Gasteiger partial charge in [-0.15, -0.1) is 0 Å². The van der Waals surface area contributed by atoms with Crippen LogP contribution in [0.4, 0.5) is 0 Å². The van der Waals surface area contributed by atoms with E-state index in [0.29, 0.717) is 5.02 Å². The second-order valence-electron chi connectivity index (χ2n) is 4.71. The first-order valence-corrected chi connectivity index (χ1v) is 6.71. The van der Waals surface area contributed by atoms with Crippen molar-refractivity contribution in [2.45, 2.75) is 19.9 Å². The molecule has 0 aromatic heterocycles. The van der Waals surface area contributed by atoms with Crippen LogP contribution in [0.3, 0.4) is 0 Å². The minimum absolute atomic E-state index is 0.0797. The molecule has 0 fully saturated rings. The van der Waals surface area contributed by atoms with Crippen LogP contribution in [-0.2, 0) is 0 Å². The van der Waals surface area contributed by atoms with Gasteiger partial charge in [0.15, 0.2) is 0 Å². The summed E-state index contributed by atoms with van der Waals surface area (Å²) < 4.78 is 0. The molecule has 1 atom stereocenters. The van der Waals surface area contributed by atoms with E-state index in [4.69, 9.17) is 11.6 Å². The Morgan fingerprint density at radius 3 is 2.65 bits per heavy atom. The lowest BCUT2D eigenvalue weighted by Gasteiger charge is -2.17. The average molecular weight is 290 g/mol. The summed E-state index contributed by atoms with van der Waals surface area (Å²) in [6, 6.07) is 12.1. The molecular formula is C16H16ClNO2. The molecule has 20 heavy (non-hydrogen) atoms. The van der Waals surface area contributed by atoms with E-state index in [2.05, 4.69) is 5.32 Å². The van der Waals surface area contributed by atoms with Crippen molar-refractivity contribution in [3.63, 3.8) is 0 Å². The summed E-state index contributed by atoms with van der Waals surface area (Å²) in [6.07, 6.45) is 0. The molecule has 2 aromatic rings. The van der Waals surface area contributed by atoms with Gasteiger partial charge in [-0.1, -0.05) is 35.9 Å². The Hall–Kier alpha value is -2.00. The highest BCUT2D eigenvalue weighted by atomic mass is 35.5. The predicted octanol–water partition coefficient (Wildman–Crippen LogP) is 3.85. The molecule has 2 rings (SSSR count). The Morgan fingerprint density at radius 2 is 1.95 bits per heavy atom. The summed E-state index contributed by atoms with van der Waals surface area (Å²) in [7, 11) is 0. The average Bonchev–Trinajstić information content (AvgIpc) is 2.41. The van der Waals surface area contributed by atoms with Crippen molar-refractivity contribution >= 4 is 17.5 Å². The van der Waals surface area contributed by atoms with Crippen LogP contribution in [0.2, 0.25) is 5.02 Å². The van der Waals surface area contributed by atoms with Gasteiger partial charge in [0.25, 0.3) is 5.91 Å². The number of hydrogen-bond acceptors (Lipinski definition) is 2. The molecule has 0 saturated heterocycles. The van der Waals surface area contributed by atoms with Gasteiger partial charge in [0.1, 0.15) is 5.75 Å². The number of phenols is 1. The lowest BCUT2D eigenvalue weighted by Crippen LogP contribution is -2.27. The summed E-state index contributed by atoms with van der Waals surface area (Å²) in [5.41, 5.74) is 2.33. The summed E-state index contributed by atoms with van der Waals surface area (Å²) in [5.74, 6) is -0.426. The number of amides is 1. The maximum absolute atomic E-state index is 12.2. The number of phenolic OH excluding ortho intramolecular Hbond substituents is 1. The highest BCUT2D eigenvalue weighted by Crippen LogP contribution is 2.23. The molecule has 104 valence electrons. The van der Waals surface area contributed by atoms with Gasteiger partial charge in [0, 0.05) is 5.02 Å². The van der Waals surface area contributed by atoms with Crippen molar-refractivity contribution in [2.24, 2.45) is 0 Å². The van der Waals surface area contributed by atoms with Crippen LogP contribution < -0.4 is 5.32 Å². The lowest BCUT2D eigenvalue weighted by molar-refractivity contribution is 0.0937. The van der Waals surface area contributed by atoms with Crippen molar-refractivity contribution in [1.82, 2.24) is 5.32 Å². The van der Waals surface area contributed by atoms with Crippen LogP contribution in [0.5, 0.6) is 5.75 Å². The SMILES string of the molecule is Cc1ccccc1C(C)NC(=O)c1cc(Cl)ccc1O. The third-order valence-electron chi connectivity index (χ3n) is 3.21. The minimum atomic E-state index is -0.347. The van der Waals surface area contributed by atoms with Gasteiger partial charge in [0.05, 0.1) is 11.6 Å². The molecule has 1 amide bonds. The topological polar surface area (TPSA) is 49.3 Å². The molecule has 0 heterocycles. The van der Waals surface area contributed by atoms with E-state index in [1.165, 1.54) is 12.1 Å². The highest BCUT2D eigenvalue weighted by Gasteiger charge is 2.16. The fourth-order valence-electron chi connectivity index (χ4n) is 2.11. The van der Waals surface area contributed by atoms with Gasteiger partial charge in [-0.3, -0.25) is 4.79 Å². The molecule has 2 aromatic carbocycles. The van der Waals surface area contributed by atoms with Gasteiger partial charge >= 0.3 is 0 Å². The number of carbonyl (C=O) groups is 1. The zero-order valence-corrected chi connectivity index (χ0v) is 12.1. The smallest absolute Gasteiger partial charge is 0.255 e. The maximum Gasteiger partial charge on any atom is 0.255 e. The molecule has 0 bridgehead atoms. The van der Waals surface area contributed by atoms with E-state index in [0.717, 1.165) is 11.1 Å². The molecular weight excluding hydrogens is 274 g/mol. The quantitative estimate of drug-likeness (QED) is 0.902. The van der Waals surface area contributed by atoms with Gasteiger partial charge in [-0.25, -0.2) is 0 Å². The maximum atomic E-state index is 12.2. The molecule has 2 N–H and O–H groups in total. The standard InChI is InChI=1S/C16H16ClNO2/c1-10-5-3-4-6-13(10)11(2)18-16(20)14-9-12(17)7-8-15(14)19/h3-9,11,19H,1-2H3,(H,18,20). The number of aromatic hydroxyl groups is 1. The number of benzene rings is 2. The number of halogens is 1. The second kappa shape index (κ2) is 5.97. The normalized spacial score (nSPS) is 11.9. The second-order valence-corrected chi connectivity index (χ2v) is 5.15. The Labute approximate surface area is 123 Å². The molecule has 0 aliphatic heterocycles. The fraction of sp³-hybridized carbons (Fsp3) is 0.188. The monoisotopic (exact) mass is 289 g/mol. The van der Waals surface area contributed by atoms with E-state index in [-0.39, 0.29) is 23.3 Å². The van der Waals surface area contributed by atoms with E-state index in [1.54, 1.807) is 6.07 Å². The number of aryl methyl sites for hydroxylation is 1. The molecule has 0 aliphatic rings. The van der Waals surface area contributed by atoms with E-state index >= 15 is 0 Å². The Balaban J connectivity index is 2.20. The van der Waals surface area contributed by atoms with E-state index < -0.39 is 0 Å². The van der Waals surface area contributed by atoms with Crippen molar-refractivity contribution in [1.29, 1.82) is 0 Å². The van der Waals surface area contributed by atoms with Crippen LogP contribution in [0.1, 0.15) is 34.5 Å². The molecule has 4 heteroatoms. The highest BCUT2D eigenvalue weighted by molar-refractivity contribution is 6.31. The molecule has 0 saturated carbocycles. The Kier molecular flexibility index (Phi) is 4.30. The summed E-state index contributed by atoms with van der Waals surface area (Å²) in [4.78, 5) is 12.2. The third kappa shape index (κ3) is 3.11. The number of carbonyl (C=O) groups excluding carboxylic acids is 1. The summed E-state index contributed by atoms with van der Waals surface area (Å²) in [5, 5.41) is 13.0. The molecule has 1 unspecified atom stereocenters. The third-order valence-corrected chi connectivity index (χ3v) is 3.44. The van der Waals surface area contributed by atoms with Crippen molar-refractivity contribution in [3.8, 4) is 5.75 Å². The zero-order valence-electron chi connectivity index (χ0n) is 11.4. The van der Waals surface area contributed by atoms with Crippen molar-refractivity contribution in [3.05, 3.63) is 64.2 Å². The Bertz CT molecular complexity index is 640. The van der Waals surface area contributed by atoms with Gasteiger partial charge in [-0.2, -0.15) is 0 Å². The largest absolute Gasteiger partial charge is 0.507 e. The molecule has 0 aliphatic carbocycles. The Morgan fingerprint density at radius 1 is 1.25 bits per heavy atom. The van der Waals surface area contributed by atoms with Crippen LogP contribution in [0.25, 0.3) is 0 Å². The van der Waals surface area contributed by atoms with Gasteiger partial charge < -0.3 is 10.4 Å². The first-order chi connectivity index (χ1) is 9.49.